The Balaban J connectivity index is 1.97. The number of rotatable bonds is 3. The van der Waals surface area contributed by atoms with E-state index >= 15 is 0 Å². The molecule has 2 rings (SSSR count). The van der Waals surface area contributed by atoms with E-state index in [2.05, 4.69) is 5.32 Å². The van der Waals surface area contributed by atoms with Crippen molar-refractivity contribution in [2.45, 2.75) is 32.3 Å². The molecule has 1 saturated carbocycles. The van der Waals surface area contributed by atoms with E-state index in [0.717, 1.165) is 24.8 Å². The van der Waals surface area contributed by atoms with Crippen LogP contribution in [0.2, 0.25) is 0 Å². The molecule has 4 N–H and O–H groups in total. The quantitative estimate of drug-likeness (QED) is 0.709. The van der Waals surface area contributed by atoms with Crippen LogP contribution in [0.5, 0.6) is 0 Å². The van der Waals surface area contributed by atoms with Crippen molar-refractivity contribution in [3.05, 3.63) is 29.3 Å². The molecular formula is C14H20N2O2. The summed E-state index contributed by atoms with van der Waals surface area (Å²) in [7, 11) is 0. The van der Waals surface area contributed by atoms with Crippen LogP contribution in [0.1, 0.15) is 35.2 Å². The lowest BCUT2D eigenvalue weighted by molar-refractivity contribution is 0.0916. The first-order valence-corrected chi connectivity index (χ1v) is 6.41. The molecule has 0 heterocycles. The number of nitrogen functional groups attached to an aromatic ring is 1. The molecule has 2 atom stereocenters. The number of hydrogen-bond donors (Lipinski definition) is 3. The molecule has 2 unspecified atom stereocenters. The summed E-state index contributed by atoms with van der Waals surface area (Å²) in [5.41, 5.74) is 7.83. The van der Waals surface area contributed by atoms with Crippen molar-refractivity contribution in [1.29, 1.82) is 0 Å². The molecule has 0 aliphatic heterocycles. The topological polar surface area (TPSA) is 75.4 Å². The zero-order valence-electron chi connectivity index (χ0n) is 10.6. The van der Waals surface area contributed by atoms with E-state index < -0.39 is 0 Å². The second-order valence-corrected chi connectivity index (χ2v) is 4.99. The Kier molecular flexibility index (Phi) is 3.87. The fourth-order valence-corrected chi connectivity index (χ4v) is 2.47. The second-order valence-electron chi connectivity index (χ2n) is 4.99. The van der Waals surface area contributed by atoms with Gasteiger partial charge in [-0.1, -0.05) is 12.5 Å². The van der Waals surface area contributed by atoms with Gasteiger partial charge in [-0.15, -0.1) is 0 Å². The second kappa shape index (κ2) is 5.40. The summed E-state index contributed by atoms with van der Waals surface area (Å²) >= 11 is 0. The van der Waals surface area contributed by atoms with Crippen LogP contribution in [-0.4, -0.2) is 23.7 Å². The zero-order valence-corrected chi connectivity index (χ0v) is 10.6. The van der Waals surface area contributed by atoms with Crippen LogP contribution in [-0.2, 0) is 0 Å². The van der Waals surface area contributed by atoms with Gasteiger partial charge < -0.3 is 16.2 Å². The van der Waals surface area contributed by atoms with E-state index in [0.29, 0.717) is 17.8 Å². The molecule has 1 fully saturated rings. The van der Waals surface area contributed by atoms with Gasteiger partial charge in [0.1, 0.15) is 0 Å². The van der Waals surface area contributed by atoms with Crippen molar-refractivity contribution in [1.82, 2.24) is 5.32 Å². The van der Waals surface area contributed by atoms with Gasteiger partial charge >= 0.3 is 0 Å². The monoisotopic (exact) mass is 248 g/mol. The molecule has 0 bridgehead atoms. The summed E-state index contributed by atoms with van der Waals surface area (Å²) in [6.45, 7) is 2.38. The van der Waals surface area contributed by atoms with Crippen molar-refractivity contribution >= 4 is 11.6 Å². The Bertz CT molecular complexity index is 445. The van der Waals surface area contributed by atoms with Gasteiger partial charge in [-0.05, 0) is 37.5 Å². The number of anilines is 1. The zero-order chi connectivity index (χ0) is 13.1. The van der Waals surface area contributed by atoms with Crippen molar-refractivity contribution in [3.63, 3.8) is 0 Å². The van der Waals surface area contributed by atoms with Gasteiger partial charge in [-0.3, -0.25) is 4.79 Å². The number of hydrogen-bond acceptors (Lipinski definition) is 3. The van der Waals surface area contributed by atoms with E-state index in [1.807, 2.05) is 6.92 Å². The van der Waals surface area contributed by atoms with Crippen LogP contribution in [0.15, 0.2) is 18.2 Å². The van der Waals surface area contributed by atoms with E-state index in [-0.39, 0.29) is 17.9 Å². The van der Waals surface area contributed by atoms with Crippen molar-refractivity contribution in [2.75, 3.05) is 12.3 Å². The first-order chi connectivity index (χ1) is 8.59. The van der Waals surface area contributed by atoms with E-state index in [4.69, 9.17) is 5.73 Å². The summed E-state index contributed by atoms with van der Waals surface area (Å²) in [6, 6.07) is 5.33. The van der Waals surface area contributed by atoms with E-state index in [1.165, 1.54) is 0 Å². The Hall–Kier alpha value is -1.55. The lowest BCUT2D eigenvalue weighted by atomic mass is 10.0. The van der Waals surface area contributed by atoms with Crippen LogP contribution in [0, 0.1) is 12.8 Å². The van der Waals surface area contributed by atoms with Crippen LogP contribution in [0.25, 0.3) is 0 Å². The summed E-state index contributed by atoms with van der Waals surface area (Å²) in [4.78, 5) is 12.0. The molecule has 0 radical (unpaired) electrons. The normalized spacial score (nSPS) is 23.0. The first-order valence-electron chi connectivity index (χ1n) is 6.41. The van der Waals surface area contributed by atoms with Gasteiger partial charge in [-0.25, -0.2) is 0 Å². The van der Waals surface area contributed by atoms with Gasteiger partial charge in [0, 0.05) is 23.7 Å². The number of aliphatic hydroxyl groups is 1. The molecule has 1 aliphatic carbocycles. The van der Waals surface area contributed by atoms with Gasteiger partial charge in [0.05, 0.1) is 6.10 Å². The smallest absolute Gasteiger partial charge is 0.251 e. The summed E-state index contributed by atoms with van der Waals surface area (Å²) in [5, 5.41) is 12.6. The number of nitrogens with one attached hydrogen (secondary N) is 1. The third kappa shape index (κ3) is 2.64. The minimum absolute atomic E-state index is 0.112. The summed E-state index contributed by atoms with van der Waals surface area (Å²) in [5.74, 6) is 0.0780. The standard InChI is InChI=1S/C14H20N2O2/c1-9-11(5-3-6-12(9)15)14(18)16-8-10-4-2-7-13(10)17/h3,5-6,10,13,17H,2,4,7-8,15H2,1H3,(H,16,18). The third-order valence-electron chi connectivity index (χ3n) is 3.76. The minimum Gasteiger partial charge on any atom is -0.398 e. The van der Waals surface area contributed by atoms with Crippen LogP contribution < -0.4 is 11.1 Å². The predicted octanol–water partition coefficient (Wildman–Crippen LogP) is 1.47. The summed E-state index contributed by atoms with van der Waals surface area (Å²) < 4.78 is 0. The molecule has 4 nitrogen and oxygen atoms in total. The molecule has 0 spiro atoms. The van der Waals surface area contributed by atoms with Crippen molar-refractivity contribution in [3.8, 4) is 0 Å². The van der Waals surface area contributed by atoms with Crippen molar-refractivity contribution < 1.29 is 9.90 Å². The largest absolute Gasteiger partial charge is 0.398 e. The molecule has 1 aromatic rings. The minimum atomic E-state index is -0.271. The summed E-state index contributed by atoms with van der Waals surface area (Å²) in [6.07, 6.45) is 2.60. The number of carbonyl (C=O) groups is 1. The highest BCUT2D eigenvalue weighted by Crippen LogP contribution is 2.24. The lowest BCUT2D eigenvalue weighted by Gasteiger charge is -2.16. The highest BCUT2D eigenvalue weighted by atomic mass is 16.3. The molecule has 1 aliphatic rings. The fraction of sp³-hybridized carbons (Fsp3) is 0.500. The maximum atomic E-state index is 12.0. The number of carbonyl (C=O) groups excluding carboxylic acids is 1. The molecule has 18 heavy (non-hydrogen) atoms. The highest BCUT2D eigenvalue weighted by molar-refractivity contribution is 5.96. The Morgan fingerprint density at radius 1 is 1.50 bits per heavy atom. The number of nitrogens with two attached hydrogens (primary N) is 1. The van der Waals surface area contributed by atoms with Gasteiger partial charge in [0.2, 0.25) is 0 Å². The Labute approximate surface area is 107 Å². The van der Waals surface area contributed by atoms with Gasteiger partial charge in [-0.2, -0.15) is 0 Å². The first kappa shape index (κ1) is 12.9. The maximum absolute atomic E-state index is 12.0. The average Bonchev–Trinajstić information content (AvgIpc) is 2.75. The fourth-order valence-electron chi connectivity index (χ4n) is 2.47. The predicted molar refractivity (Wildman–Crippen MR) is 71.3 cm³/mol. The van der Waals surface area contributed by atoms with Crippen LogP contribution >= 0.6 is 0 Å². The maximum Gasteiger partial charge on any atom is 0.251 e. The third-order valence-corrected chi connectivity index (χ3v) is 3.76. The molecule has 0 aromatic heterocycles. The van der Waals surface area contributed by atoms with E-state index in [9.17, 15) is 9.90 Å². The van der Waals surface area contributed by atoms with Gasteiger partial charge in [0.15, 0.2) is 0 Å². The Morgan fingerprint density at radius 3 is 2.94 bits per heavy atom. The molecule has 1 amide bonds. The van der Waals surface area contributed by atoms with Crippen LogP contribution in [0.4, 0.5) is 5.69 Å². The lowest BCUT2D eigenvalue weighted by Crippen LogP contribution is -2.32. The SMILES string of the molecule is Cc1c(N)cccc1C(=O)NCC1CCCC1O. The van der Waals surface area contributed by atoms with Crippen LogP contribution in [0.3, 0.4) is 0 Å². The molecule has 1 aromatic carbocycles. The van der Waals surface area contributed by atoms with E-state index in [1.54, 1.807) is 18.2 Å². The average molecular weight is 248 g/mol. The highest BCUT2D eigenvalue weighted by Gasteiger charge is 2.25. The molecule has 4 heteroatoms. The molecular weight excluding hydrogens is 228 g/mol. The Morgan fingerprint density at radius 2 is 2.28 bits per heavy atom. The number of aliphatic hydroxyl groups excluding tert-OH is 1. The molecule has 0 saturated heterocycles. The number of benzene rings is 1. The van der Waals surface area contributed by atoms with Crippen molar-refractivity contribution in [2.24, 2.45) is 5.92 Å². The number of amides is 1. The van der Waals surface area contributed by atoms with Gasteiger partial charge in [0.25, 0.3) is 5.91 Å². The molecule has 98 valence electrons.